The van der Waals surface area contributed by atoms with Crippen molar-refractivity contribution in [3.63, 3.8) is 0 Å². The van der Waals surface area contributed by atoms with Gasteiger partial charge in [0.2, 0.25) is 0 Å². The zero-order chi connectivity index (χ0) is 10.0. The fourth-order valence-electron chi connectivity index (χ4n) is 2.41. The topological polar surface area (TPSA) is 35.5 Å². The summed E-state index contributed by atoms with van der Waals surface area (Å²) in [4.78, 5) is 11.5. The lowest BCUT2D eigenvalue weighted by molar-refractivity contribution is -0.159. The molecule has 1 spiro atoms. The van der Waals surface area contributed by atoms with Crippen molar-refractivity contribution < 1.29 is 14.3 Å². The van der Waals surface area contributed by atoms with Gasteiger partial charge in [0.25, 0.3) is 0 Å². The molecule has 2 fully saturated rings. The minimum Gasteiger partial charge on any atom is -0.466 e. The largest absolute Gasteiger partial charge is 0.466 e. The van der Waals surface area contributed by atoms with Gasteiger partial charge in [-0.2, -0.15) is 0 Å². The Bertz CT molecular complexity index is 211. The number of carbonyl (C=O) groups excluding carboxylic acids is 1. The van der Waals surface area contributed by atoms with Gasteiger partial charge >= 0.3 is 5.97 Å². The van der Waals surface area contributed by atoms with Crippen LogP contribution in [-0.2, 0) is 14.3 Å². The van der Waals surface area contributed by atoms with Gasteiger partial charge in [-0.15, -0.1) is 0 Å². The molecule has 0 amide bonds. The molecule has 1 saturated carbocycles. The number of hydrogen-bond donors (Lipinski definition) is 0. The molecule has 0 radical (unpaired) electrons. The molecule has 0 atom stereocenters. The third kappa shape index (κ3) is 1.78. The van der Waals surface area contributed by atoms with Crippen molar-refractivity contribution in [3.8, 4) is 0 Å². The Hall–Kier alpha value is -0.570. The van der Waals surface area contributed by atoms with Crippen LogP contribution in [0.3, 0.4) is 0 Å². The Balaban J connectivity index is 1.80. The van der Waals surface area contributed by atoms with E-state index in [1.165, 1.54) is 0 Å². The first-order valence-electron chi connectivity index (χ1n) is 5.50. The highest BCUT2D eigenvalue weighted by molar-refractivity contribution is 5.72. The summed E-state index contributed by atoms with van der Waals surface area (Å²) in [6, 6.07) is 0. The number of rotatable bonds is 2. The van der Waals surface area contributed by atoms with Crippen LogP contribution in [-0.4, -0.2) is 25.8 Å². The maximum atomic E-state index is 11.5. The summed E-state index contributed by atoms with van der Waals surface area (Å²) >= 11 is 0. The summed E-state index contributed by atoms with van der Waals surface area (Å²) in [5.41, 5.74) is 0.434. The fourth-order valence-corrected chi connectivity index (χ4v) is 2.41. The van der Waals surface area contributed by atoms with Crippen LogP contribution in [0.5, 0.6) is 0 Å². The van der Waals surface area contributed by atoms with Crippen molar-refractivity contribution in [2.24, 2.45) is 11.3 Å². The van der Waals surface area contributed by atoms with Gasteiger partial charge in [-0.05, 0) is 32.6 Å². The third-order valence-electron chi connectivity index (χ3n) is 3.48. The predicted octanol–water partition coefficient (Wildman–Crippen LogP) is 1.76. The number of hydrogen-bond acceptors (Lipinski definition) is 3. The molecule has 80 valence electrons. The molecule has 0 aromatic carbocycles. The van der Waals surface area contributed by atoms with E-state index in [4.69, 9.17) is 9.47 Å². The van der Waals surface area contributed by atoms with Crippen molar-refractivity contribution in [2.45, 2.75) is 32.6 Å². The second-order valence-electron chi connectivity index (χ2n) is 4.52. The minimum absolute atomic E-state index is 0.00240. The van der Waals surface area contributed by atoms with Gasteiger partial charge in [-0.25, -0.2) is 0 Å². The molecule has 14 heavy (non-hydrogen) atoms. The Morgan fingerprint density at radius 1 is 1.43 bits per heavy atom. The van der Waals surface area contributed by atoms with Crippen LogP contribution < -0.4 is 0 Å². The number of ether oxygens (including phenoxy) is 2. The number of carbonyl (C=O) groups is 1. The first kappa shape index (κ1) is 9.97. The molecule has 0 bridgehead atoms. The maximum Gasteiger partial charge on any atom is 0.308 e. The maximum absolute atomic E-state index is 11.5. The summed E-state index contributed by atoms with van der Waals surface area (Å²) in [5.74, 6) is 0.156. The van der Waals surface area contributed by atoms with Gasteiger partial charge in [-0.1, -0.05) is 0 Å². The van der Waals surface area contributed by atoms with E-state index in [9.17, 15) is 4.79 Å². The van der Waals surface area contributed by atoms with Crippen LogP contribution in [0.25, 0.3) is 0 Å². The smallest absolute Gasteiger partial charge is 0.308 e. The molecule has 0 aromatic heterocycles. The van der Waals surface area contributed by atoms with E-state index in [-0.39, 0.29) is 11.9 Å². The van der Waals surface area contributed by atoms with Crippen LogP contribution in [0.15, 0.2) is 0 Å². The van der Waals surface area contributed by atoms with E-state index >= 15 is 0 Å². The molecule has 3 heteroatoms. The Labute approximate surface area is 84.8 Å². The van der Waals surface area contributed by atoms with Gasteiger partial charge in [0.15, 0.2) is 0 Å². The zero-order valence-electron chi connectivity index (χ0n) is 8.75. The average Bonchev–Trinajstić information content (AvgIpc) is 2.16. The second-order valence-corrected chi connectivity index (χ2v) is 4.52. The normalized spacial score (nSPS) is 25.8. The Kier molecular flexibility index (Phi) is 2.77. The molecule has 0 N–H and O–H groups in total. The molecule has 2 aliphatic rings. The highest BCUT2D eigenvalue weighted by atomic mass is 16.5. The predicted molar refractivity (Wildman–Crippen MR) is 51.8 cm³/mol. The number of esters is 1. The van der Waals surface area contributed by atoms with Crippen LogP contribution in [0.4, 0.5) is 0 Å². The van der Waals surface area contributed by atoms with E-state index in [2.05, 4.69) is 0 Å². The first-order valence-corrected chi connectivity index (χ1v) is 5.50. The summed E-state index contributed by atoms with van der Waals surface area (Å²) in [5, 5.41) is 0. The molecule has 1 aliphatic heterocycles. The van der Waals surface area contributed by atoms with Gasteiger partial charge in [0.1, 0.15) is 0 Å². The van der Waals surface area contributed by atoms with Crippen molar-refractivity contribution in [3.05, 3.63) is 0 Å². The molecule has 0 aromatic rings. The van der Waals surface area contributed by atoms with E-state index in [0.717, 1.165) is 38.9 Å². The highest BCUT2D eigenvalue weighted by Crippen LogP contribution is 2.44. The molecule has 1 aliphatic carbocycles. The molecule has 3 nitrogen and oxygen atoms in total. The van der Waals surface area contributed by atoms with Crippen molar-refractivity contribution in [1.29, 1.82) is 0 Å². The average molecular weight is 198 g/mol. The van der Waals surface area contributed by atoms with E-state index in [1.54, 1.807) is 0 Å². The van der Waals surface area contributed by atoms with Crippen LogP contribution >= 0.6 is 0 Å². The highest BCUT2D eigenvalue weighted by Gasteiger charge is 2.43. The van der Waals surface area contributed by atoms with Crippen LogP contribution in [0.1, 0.15) is 32.6 Å². The van der Waals surface area contributed by atoms with Crippen LogP contribution in [0, 0.1) is 11.3 Å². The quantitative estimate of drug-likeness (QED) is 0.634. The standard InChI is InChI=1S/C11H18O3/c1-2-14-10(12)9-3-5-11(6-4-9)7-13-8-11/h9H,2-8H2,1H3. The lowest BCUT2D eigenvalue weighted by Gasteiger charge is -2.45. The van der Waals surface area contributed by atoms with Crippen molar-refractivity contribution >= 4 is 5.97 Å². The van der Waals surface area contributed by atoms with Crippen molar-refractivity contribution in [2.75, 3.05) is 19.8 Å². The molecule has 2 rings (SSSR count). The molecule has 0 unspecified atom stereocenters. The molecular formula is C11H18O3. The third-order valence-corrected chi connectivity index (χ3v) is 3.48. The fraction of sp³-hybridized carbons (Fsp3) is 0.909. The molecule has 1 heterocycles. The molecule has 1 saturated heterocycles. The minimum atomic E-state index is 0.00240. The summed E-state index contributed by atoms with van der Waals surface area (Å²) in [7, 11) is 0. The second kappa shape index (κ2) is 3.89. The van der Waals surface area contributed by atoms with Crippen molar-refractivity contribution in [1.82, 2.24) is 0 Å². The van der Waals surface area contributed by atoms with E-state index < -0.39 is 0 Å². The van der Waals surface area contributed by atoms with Crippen LogP contribution in [0.2, 0.25) is 0 Å². The van der Waals surface area contributed by atoms with E-state index in [0.29, 0.717) is 12.0 Å². The Morgan fingerprint density at radius 2 is 2.07 bits per heavy atom. The summed E-state index contributed by atoms with van der Waals surface area (Å²) in [6.07, 6.45) is 4.25. The van der Waals surface area contributed by atoms with Gasteiger partial charge in [0.05, 0.1) is 25.7 Å². The molecular weight excluding hydrogens is 180 g/mol. The summed E-state index contributed by atoms with van der Waals surface area (Å²) < 4.78 is 10.3. The van der Waals surface area contributed by atoms with E-state index in [1.807, 2.05) is 6.92 Å². The summed E-state index contributed by atoms with van der Waals surface area (Å²) in [6.45, 7) is 4.18. The van der Waals surface area contributed by atoms with Gasteiger partial charge in [0, 0.05) is 5.41 Å². The SMILES string of the molecule is CCOC(=O)C1CCC2(CC1)COC2. The monoisotopic (exact) mass is 198 g/mol. The van der Waals surface area contributed by atoms with Gasteiger partial charge < -0.3 is 9.47 Å². The Morgan fingerprint density at radius 3 is 2.50 bits per heavy atom. The lowest BCUT2D eigenvalue weighted by Crippen LogP contribution is -2.46. The van der Waals surface area contributed by atoms with Gasteiger partial charge in [-0.3, -0.25) is 4.79 Å². The first-order chi connectivity index (χ1) is 6.76. The zero-order valence-corrected chi connectivity index (χ0v) is 8.75. The lowest BCUT2D eigenvalue weighted by atomic mass is 9.69.